The molecular weight excluding hydrogens is 451 g/mol. The SMILES string of the molecule is Cc1cccc(-c2cc3c4c(c2)Oc2c5c(cc6c2-c2cc(C)ccc2C6)Cc2cccc(c2B45)O3)c1. The van der Waals surface area contributed by atoms with Gasteiger partial charge >= 0.3 is 0 Å². The summed E-state index contributed by atoms with van der Waals surface area (Å²) in [6, 6.07) is 29.0. The first kappa shape index (κ1) is 19.9. The molecule has 3 heterocycles. The monoisotopic (exact) mass is 474 g/mol. The molecule has 0 fully saturated rings. The van der Waals surface area contributed by atoms with Crippen molar-refractivity contribution in [2.75, 3.05) is 0 Å². The van der Waals surface area contributed by atoms with Crippen LogP contribution in [0.25, 0.3) is 22.3 Å². The first-order valence-electron chi connectivity index (χ1n) is 13.1. The van der Waals surface area contributed by atoms with Crippen molar-refractivity contribution < 1.29 is 9.47 Å². The third kappa shape index (κ3) is 2.56. The Morgan fingerprint density at radius 1 is 0.568 bits per heavy atom. The maximum absolute atomic E-state index is 7.00. The highest BCUT2D eigenvalue weighted by molar-refractivity contribution is 6.99. The lowest BCUT2D eigenvalue weighted by molar-refractivity contribution is 0.464. The maximum atomic E-state index is 7.00. The van der Waals surface area contributed by atoms with Gasteiger partial charge in [-0.05, 0) is 94.8 Å². The molecule has 3 aliphatic heterocycles. The highest BCUT2D eigenvalue weighted by Crippen LogP contribution is 2.48. The fourth-order valence-electron chi connectivity index (χ4n) is 7.15. The van der Waals surface area contributed by atoms with Crippen molar-refractivity contribution in [3.05, 3.63) is 112 Å². The first-order chi connectivity index (χ1) is 18.1. The van der Waals surface area contributed by atoms with Crippen molar-refractivity contribution in [2.24, 2.45) is 0 Å². The molecule has 0 atom stereocenters. The summed E-state index contributed by atoms with van der Waals surface area (Å²) in [5.74, 6) is 3.88. The molecule has 0 N–H and O–H groups in total. The molecule has 0 saturated carbocycles. The zero-order valence-electron chi connectivity index (χ0n) is 20.8. The van der Waals surface area contributed by atoms with Gasteiger partial charge < -0.3 is 9.47 Å². The Morgan fingerprint density at radius 3 is 2.27 bits per heavy atom. The van der Waals surface area contributed by atoms with Crippen LogP contribution in [0.3, 0.4) is 0 Å². The Labute approximate surface area is 216 Å². The fourth-order valence-corrected chi connectivity index (χ4v) is 7.15. The molecule has 0 saturated heterocycles. The number of aryl methyl sites for hydroxylation is 2. The molecule has 0 unspecified atom stereocenters. The lowest BCUT2D eigenvalue weighted by Crippen LogP contribution is -2.61. The van der Waals surface area contributed by atoms with Crippen LogP contribution in [-0.2, 0) is 12.8 Å². The second-order valence-corrected chi connectivity index (χ2v) is 11.0. The van der Waals surface area contributed by atoms with E-state index in [1.54, 1.807) is 0 Å². The molecule has 2 nitrogen and oxygen atoms in total. The number of hydrogen-bond acceptors (Lipinski definition) is 2. The average Bonchev–Trinajstić information content (AvgIpc) is 3.26. The highest BCUT2D eigenvalue weighted by atomic mass is 16.5. The molecule has 0 aromatic heterocycles. The molecule has 9 rings (SSSR count). The van der Waals surface area contributed by atoms with E-state index in [4.69, 9.17) is 9.47 Å². The molecule has 0 spiro atoms. The van der Waals surface area contributed by atoms with E-state index in [1.165, 1.54) is 66.5 Å². The van der Waals surface area contributed by atoms with Crippen LogP contribution < -0.4 is 25.9 Å². The van der Waals surface area contributed by atoms with Crippen molar-refractivity contribution >= 4 is 23.1 Å². The van der Waals surface area contributed by atoms with E-state index in [0.717, 1.165) is 41.4 Å². The van der Waals surface area contributed by atoms with Gasteiger partial charge in [-0.2, -0.15) is 0 Å². The highest BCUT2D eigenvalue weighted by Gasteiger charge is 2.46. The lowest BCUT2D eigenvalue weighted by Gasteiger charge is -2.39. The molecule has 5 aromatic carbocycles. The summed E-state index contributed by atoms with van der Waals surface area (Å²) in [4.78, 5) is 0. The fraction of sp³-hybridized carbons (Fsp3) is 0.118. The van der Waals surface area contributed by atoms with Gasteiger partial charge in [-0.1, -0.05) is 71.8 Å². The van der Waals surface area contributed by atoms with Crippen LogP contribution in [0, 0.1) is 13.8 Å². The summed E-state index contributed by atoms with van der Waals surface area (Å²) in [7, 11) is 0. The van der Waals surface area contributed by atoms with Gasteiger partial charge in [-0.25, -0.2) is 0 Å². The molecule has 1 aliphatic carbocycles. The Bertz CT molecular complexity index is 1870. The van der Waals surface area contributed by atoms with Crippen LogP contribution in [-0.4, -0.2) is 6.71 Å². The van der Waals surface area contributed by atoms with Crippen LogP contribution in [0.4, 0.5) is 0 Å². The Hall–Kier alpha value is -4.24. The molecule has 0 amide bonds. The smallest absolute Gasteiger partial charge is 0.261 e. The van der Waals surface area contributed by atoms with Gasteiger partial charge in [0, 0.05) is 11.0 Å². The Balaban J connectivity index is 1.36. The average molecular weight is 474 g/mol. The van der Waals surface area contributed by atoms with E-state index < -0.39 is 0 Å². The van der Waals surface area contributed by atoms with E-state index in [2.05, 4.69) is 92.7 Å². The van der Waals surface area contributed by atoms with E-state index in [9.17, 15) is 0 Å². The van der Waals surface area contributed by atoms with Gasteiger partial charge in [-0.15, -0.1) is 0 Å². The number of hydrogen-bond donors (Lipinski definition) is 0. The minimum atomic E-state index is 0.142. The number of fused-ring (bicyclic) bond motifs is 4. The topological polar surface area (TPSA) is 18.5 Å². The summed E-state index contributed by atoms with van der Waals surface area (Å²) in [5, 5.41) is 0. The molecule has 0 bridgehead atoms. The van der Waals surface area contributed by atoms with Crippen LogP contribution >= 0.6 is 0 Å². The predicted octanol–water partition coefficient (Wildman–Crippen LogP) is 6.17. The summed E-state index contributed by atoms with van der Waals surface area (Å²) in [6.45, 7) is 4.46. The quantitative estimate of drug-likeness (QED) is 0.265. The number of benzene rings is 5. The van der Waals surface area contributed by atoms with Gasteiger partial charge in [0.15, 0.2) is 0 Å². The zero-order valence-corrected chi connectivity index (χ0v) is 20.8. The Morgan fingerprint density at radius 2 is 1.38 bits per heavy atom. The minimum absolute atomic E-state index is 0.142. The van der Waals surface area contributed by atoms with E-state index >= 15 is 0 Å². The summed E-state index contributed by atoms with van der Waals surface area (Å²) >= 11 is 0. The summed E-state index contributed by atoms with van der Waals surface area (Å²) in [6.07, 6.45) is 1.89. The van der Waals surface area contributed by atoms with Crippen LogP contribution in [0.5, 0.6) is 23.0 Å². The first-order valence-corrected chi connectivity index (χ1v) is 13.1. The molecular formula is C34H23BO2. The third-order valence-corrected chi connectivity index (χ3v) is 8.69. The van der Waals surface area contributed by atoms with Crippen LogP contribution in [0.15, 0.2) is 78.9 Å². The van der Waals surface area contributed by atoms with Crippen molar-refractivity contribution in [1.82, 2.24) is 0 Å². The Kier molecular flexibility index (Phi) is 3.63. The second kappa shape index (κ2) is 6.74. The normalized spacial score (nSPS) is 14.4. The van der Waals surface area contributed by atoms with Crippen LogP contribution in [0.2, 0.25) is 0 Å². The lowest BCUT2D eigenvalue weighted by atomic mass is 9.31. The molecule has 3 heteroatoms. The summed E-state index contributed by atoms with van der Waals surface area (Å²) < 4.78 is 13.6. The zero-order chi connectivity index (χ0) is 24.4. The van der Waals surface area contributed by atoms with Gasteiger partial charge in [0.2, 0.25) is 0 Å². The van der Waals surface area contributed by atoms with Gasteiger partial charge in [-0.3, -0.25) is 0 Å². The molecule has 174 valence electrons. The van der Waals surface area contributed by atoms with E-state index in [-0.39, 0.29) is 6.71 Å². The van der Waals surface area contributed by atoms with Gasteiger partial charge in [0.1, 0.15) is 23.0 Å². The van der Waals surface area contributed by atoms with Crippen molar-refractivity contribution in [2.45, 2.75) is 26.7 Å². The largest absolute Gasteiger partial charge is 0.458 e. The van der Waals surface area contributed by atoms with Crippen molar-refractivity contribution in [3.8, 4) is 45.3 Å². The molecule has 5 aromatic rings. The molecule has 37 heavy (non-hydrogen) atoms. The van der Waals surface area contributed by atoms with Crippen LogP contribution in [0.1, 0.15) is 33.4 Å². The number of rotatable bonds is 1. The third-order valence-electron chi connectivity index (χ3n) is 8.69. The van der Waals surface area contributed by atoms with Crippen molar-refractivity contribution in [1.29, 1.82) is 0 Å². The second-order valence-electron chi connectivity index (χ2n) is 11.0. The predicted molar refractivity (Wildman–Crippen MR) is 150 cm³/mol. The number of ether oxygens (including phenoxy) is 2. The van der Waals surface area contributed by atoms with Crippen molar-refractivity contribution in [3.63, 3.8) is 0 Å². The standard InChI is InChI=1S/C34H23BO2/c1-18-5-3-6-20(11-18)23-16-28-33-29(17-23)37-34-30-24(13-21-10-9-19(2)12-26(21)30)15-25-14-22-7-4-8-27(36-28)31(22)35(33)32(25)34/h3-12,15-17H,13-14H2,1-2H3. The molecule has 4 aliphatic rings. The minimum Gasteiger partial charge on any atom is -0.458 e. The maximum Gasteiger partial charge on any atom is 0.261 e. The van der Waals surface area contributed by atoms with Gasteiger partial charge in [0.05, 0.1) is 0 Å². The van der Waals surface area contributed by atoms with E-state index in [1.807, 2.05) is 0 Å². The molecule has 0 radical (unpaired) electrons. The van der Waals surface area contributed by atoms with Gasteiger partial charge in [0.25, 0.3) is 6.71 Å². The van der Waals surface area contributed by atoms with E-state index in [0.29, 0.717) is 0 Å². The summed E-state index contributed by atoms with van der Waals surface area (Å²) in [5.41, 5.74) is 16.8.